The molecule has 1 aliphatic carbocycles. The second-order valence-electron chi connectivity index (χ2n) is 4.54. The van der Waals surface area contributed by atoms with Crippen molar-refractivity contribution >= 4 is 23.3 Å². The highest BCUT2D eigenvalue weighted by Crippen LogP contribution is 2.30. The predicted molar refractivity (Wildman–Crippen MR) is 76.5 cm³/mol. The van der Waals surface area contributed by atoms with Gasteiger partial charge in [-0.3, -0.25) is 0 Å². The van der Waals surface area contributed by atoms with Crippen molar-refractivity contribution in [1.29, 1.82) is 5.26 Å². The zero-order chi connectivity index (χ0) is 13.0. The third kappa shape index (κ3) is 2.70. The molecule has 0 saturated heterocycles. The van der Waals surface area contributed by atoms with Crippen LogP contribution in [0.4, 0.5) is 11.5 Å². The van der Waals surface area contributed by atoms with E-state index in [0.717, 1.165) is 6.42 Å². The summed E-state index contributed by atoms with van der Waals surface area (Å²) in [4.78, 5) is 4.25. The summed E-state index contributed by atoms with van der Waals surface area (Å²) in [5.74, 6) is 0.653. The van der Waals surface area contributed by atoms with Crippen LogP contribution in [0.15, 0.2) is 12.3 Å². The zero-order valence-corrected chi connectivity index (χ0v) is 11.3. The van der Waals surface area contributed by atoms with Crippen LogP contribution in [0.1, 0.15) is 31.2 Å². The van der Waals surface area contributed by atoms with Crippen LogP contribution in [0.25, 0.3) is 0 Å². The first kappa shape index (κ1) is 13.0. The first-order valence-electron chi connectivity index (χ1n) is 6.20. The summed E-state index contributed by atoms with van der Waals surface area (Å²) in [6, 6.07) is 4.13. The highest BCUT2D eigenvalue weighted by atomic mass is 32.2. The number of nitrogens with zero attached hydrogens (tertiary/aromatic N) is 2. The Kier molecular flexibility index (Phi) is 4.32. The fourth-order valence-electron chi connectivity index (χ4n) is 2.41. The van der Waals surface area contributed by atoms with E-state index >= 15 is 0 Å². The number of nitrogens with one attached hydrogen (secondary N) is 1. The Balaban J connectivity index is 2.15. The molecular weight excluding hydrogens is 244 g/mol. The number of hydrogen-bond acceptors (Lipinski definition) is 5. The van der Waals surface area contributed by atoms with Crippen molar-refractivity contribution in [3.63, 3.8) is 0 Å². The molecule has 1 aliphatic rings. The average Bonchev–Trinajstić information content (AvgIpc) is 2.42. The molecule has 4 nitrogen and oxygen atoms in total. The van der Waals surface area contributed by atoms with Crippen molar-refractivity contribution in [1.82, 2.24) is 4.98 Å². The average molecular weight is 262 g/mol. The minimum Gasteiger partial charge on any atom is -0.395 e. The van der Waals surface area contributed by atoms with Crippen LogP contribution < -0.4 is 11.1 Å². The van der Waals surface area contributed by atoms with Crippen LogP contribution in [0, 0.1) is 11.3 Å². The van der Waals surface area contributed by atoms with E-state index in [-0.39, 0.29) is 0 Å². The number of thioether (sulfide) groups is 1. The second-order valence-corrected chi connectivity index (χ2v) is 5.62. The lowest BCUT2D eigenvalue weighted by Crippen LogP contribution is -2.34. The highest BCUT2D eigenvalue weighted by molar-refractivity contribution is 7.99. The number of nitrogens with two attached hydrogens (primary N) is 1. The van der Waals surface area contributed by atoms with Gasteiger partial charge in [-0.2, -0.15) is 17.0 Å². The van der Waals surface area contributed by atoms with Crippen LogP contribution in [0.5, 0.6) is 0 Å². The molecule has 96 valence electrons. The molecule has 2 atom stereocenters. The Bertz CT molecular complexity index is 455. The van der Waals surface area contributed by atoms with E-state index in [1.165, 1.54) is 19.3 Å². The van der Waals surface area contributed by atoms with E-state index in [2.05, 4.69) is 22.6 Å². The third-order valence-corrected chi connectivity index (χ3v) is 4.61. The predicted octanol–water partition coefficient (Wildman–Crippen LogP) is 2.62. The molecule has 1 heterocycles. The van der Waals surface area contributed by atoms with Crippen molar-refractivity contribution in [2.24, 2.45) is 0 Å². The number of nitriles is 1. The standard InChI is InChI=1S/C13H18N4S/c1-18-11-5-3-2-4-10(11)17-13-12(15)9(8-14)6-7-16-13/h6-7,10-11H,2-5,15H2,1H3,(H,16,17). The summed E-state index contributed by atoms with van der Waals surface area (Å²) >= 11 is 1.89. The molecule has 1 saturated carbocycles. The number of anilines is 2. The maximum absolute atomic E-state index is 8.96. The maximum atomic E-state index is 8.96. The van der Waals surface area contributed by atoms with Crippen molar-refractivity contribution in [3.05, 3.63) is 17.8 Å². The summed E-state index contributed by atoms with van der Waals surface area (Å²) in [5.41, 5.74) is 6.90. The highest BCUT2D eigenvalue weighted by Gasteiger charge is 2.25. The molecule has 18 heavy (non-hydrogen) atoms. The second kappa shape index (κ2) is 5.96. The Hall–Kier alpha value is -1.41. The lowest BCUT2D eigenvalue weighted by molar-refractivity contribution is 0.474. The topological polar surface area (TPSA) is 74.7 Å². The largest absolute Gasteiger partial charge is 0.395 e. The fraction of sp³-hybridized carbons (Fsp3) is 0.538. The van der Waals surface area contributed by atoms with E-state index in [4.69, 9.17) is 11.0 Å². The van der Waals surface area contributed by atoms with Gasteiger partial charge in [-0.1, -0.05) is 12.8 Å². The van der Waals surface area contributed by atoms with Gasteiger partial charge in [0.25, 0.3) is 0 Å². The van der Waals surface area contributed by atoms with E-state index in [1.54, 1.807) is 12.3 Å². The molecule has 1 aromatic rings. The summed E-state index contributed by atoms with van der Waals surface area (Å²) in [7, 11) is 0. The Morgan fingerprint density at radius 2 is 2.28 bits per heavy atom. The number of aromatic nitrogens is 1. The first-order valence-corrected chi connectivity index (χ1v) is 7.49. The minimum atomic E-state index is 0.400. The molecular formula is C13H18N4S. The molecule has 0 radical (unpaired) electrons. The first-order chi connectivity index (χ1) is 8.76. The van der Waals surface area contributed by atoms with Crippen LogP contribution in [0.3, 0.4) is 0 Å². The van der Waals surface area contributed by atoms with Crippen molar-refractivity contribution in [2.75, 3.05) is 17.3 Å². The number of rotatable bonds is 3. The van der Waals surface area contributed by atoms with E-state index in [1.807, 2.05) is 11.8 Å². The Morgan fingerprint density at radius 1 is 1.50 bits per heavy atom. The molecule has 0 spiro atoms. The molecule has 0 aliphatic heterocycles. The van der Waals surface area contributed by atoms with Gasteiger partial charge in [0, 0.05) is 17.5 Å². The molecule has 1 fully saturated rings. The molecule has 1 aromatic heterocycles. The van der Waals surface area contributed by atoms with Crippen molar-refractivity contribution < 1.29 is 0 Å². The quantitative estimate of drug-likeness (QED) is 0.876. The molecule has 5 heteroatoms. The van der Waals surface area contributed by atoms with E-state index in [0.29, 0.717) is 28.4 Å². The summed E-state index contributed by atoms with van der Waals surface area (Å²) < 4.78 is 0. The summed E-state index contributed by atoms with van der Waals surface area (Å²) in [5, 5.41) is 13.0. The molecule has 2 unspecified atom stereocenters. The lowest BCUT2D eigenvalue weighted by atomic mass is 9.95. The smallest absolute Gasteiger partial charge is 0.150 e. The molecule has 0 bridgehead atoms. The zero-order valence-electron chi connectivity index (χ0n) is 10.5. The molecule has 2 rings (SSSR count). The Morgan fingerprint density at radius 3 is 3.00 bits per heavy atom. The van der Waals surface area contributed by atoms with Crippen LogP contribution in [-0.4, -0.2) is 22.5 Å². The van der Waals surface area contributed by atoms with Crippen LogP contribution >= 0.6 is 11.8 Å². The van der Waals surface area contributed by atoms with Gasteiger partial charge >= 0.3 is 0 Å². The van der Waals surface area contributed by atoms with Gasteiger partial charge in [0.05, 0.1) is 11.3 Å². The SMILES string of the molecule is CSC1CCCCC1Nc1nccc(C#N)c1N. The van der Waals surface area contributed by atoms with Gasteiger partial charge in [-0.15, -0.1) is 0 Å². The number of nitrogen functional groups attached to an aromatic ring is 1. The molecule has 0 aromatic carbocycles. The fourth-order valence-corrected chi connectivity index (χ4v) is 3.34. The number of pyridine rings is 1. The molecule has 0 amide bonds. The Labute approximate surface area is 112 Å². The maximum Gasteiger partial charge on any atom is 0.150 e. The van der Waals surface area contributed by atoms with Gasteiger partial charge < -0.3 is 11.1 Å². The van der Waals surface area contributed by atoms with Crippen molar-refractivity contribution in [2.45, 2.75) is 37.0 Å². The van der Waals surface area contributed by atoms with Crippen LogP contribution in [0.2, 0.25) is 0 Å². The minimum absolute atomic E-state index is 0.400. The van der Waals surface area contributed by atoms with E-state index in [9.17, 15) is 0 Å². The van der Waals surface area contributed by atoms with Gasteiger partial charge in [0.15, 0.2) is 5.82 Å². The summed E-state index contributed by atoms with van der Waals surface area (Å²) in [6.45, 7) is 0. The molecule has 3 N–H and O–H groups in total. The monoisotopic (exact) mass is 262 g/mol. The summed E-state index contributed by atoms with van der Waals surface area (Å²) in [6.07, 6.45) is 8.69. The van der Waals surface area contributed by atoms with Crippen LogP contribution in [-0.2, 0) is 0 Å². The van der Waals surface area contributed by atoms with Gasteiger partial charge in [-0.25, -0.2) is 4.98 Å². The van der Waals surface area contributed by atoms with Gasteiger partial charge in [0.1, 0.15) is 6.07 Å². The third-order valence-electron chi connectivity index (χ3n) is 3.44. The normalized spacial score (nSPS) is 23.3. The number of hydrogen-bond donors (Lipinski definition) is 2. The lowest BCUT2D eigenvalue weighted by Gasteiger charge is -2.31. The van der Waals surface area contributed by atoms with Crippen molar-refractivity contribution in [3.8, 4) is 6.07 Å². The van der Waals surface area contributed by atoms with Gasteiger partial charge in [-0.05, 0) is 25.2 Å². The van der Waals surface area contributed by atoms with E-state index < -0.39 is 0 Å². The van der Waals surface area contributed by atoms with Gasteiger partial charge in [0.2, 0.25) is 0 Å².